The summed E-state index contributed by atoms with van der Waals surface area (Å²) in [6.07, 6.45) is 6.68. The van der Waals surface area contributed by atoms with Crippen molar-refractivity contribution in [1.82, 2.24) is 0 Å². The highest BCUT2D eigenvalue weighted by atomic mass is 31.1. The van der Waals surface area contributed by atoms with Crippen molar-refractivity contribution in [2.75, 3.05) is 14.2 Å². The molecule has 1 unspecified atom stereocenters. The minimum absolute atomic E-state index is 0.141. The van der Waals surface area contributed by atoms with E-state index in [9.17, 15) is 4.79 Å². The Hall–Kier alpha value is -1.86. The summed E-state index contributed by atoms with van der Waals surface area (Å²) < 4.78 is 11.7. The van der Waals surface area contributed by atoms with Crippen LogP contribution in [0.5, 0.6) is 0 Å². The molecule has 6 bridgehead atoms. The van der Waals surface area contributed by atoms with Gasteiger partial charge >= 0.3 is 5.97 Å². The molecule has 2 heterocycles. The van der Waals surface area contributed by atoms with E-state index in [0.717, 1.165) is 23.2 Å². The van der Waals surface area contributed by atoms with Gasteiger partial charge in [0.25, 0.3) is 0 Å². The highest BCUT2D eigenvalue weighted by Crippen LogP contribution is 2.69. The lowest BCUT2D eigenvalue weighted by Crippen LogP contribution is -2.41. The molecule has 0 N–H and O–H groups in total. The molecule has 168 valence electrons. The van der Waals surface area contributed by atoms with Gasteiger partial charge in [-0.1, -0.05) is 49.4 Å². The molecule has 7 rings (SSSR count). The lowest BCUT2D eigenvalue weighted by molar-refractivity contribution is -0.136. The number of allylic oxidation sites excluding steroid dienone is 4. The molecule has 6 aliphatic rings. The topological polar surface area (TPSA) is 35.5 Å². The lowest BCUT2D eigenvalue weighted by atomic mass is 9.53. The third kappa shape index (κ3) is 2.79. The highest BCUT2D eigenvalue weighted by molar-refractivity contribution is 7.69. The molecule has 2 aliphatic heterocycles. The third-order valence-electron chi connectivity index (χ3n) is 9.02. The van der Waals surface area contributed by atoms with Crippen molar-refractivity contribution in [1.29, 1.82) is 0 Å². The van der Waals surface area contributed by atoms with Crippen LogP contribution in [0.25, 0.3) is 0 Å². The molecular formula is C28H33O3P. The quantitative estimate of drug-likeness (QED) is 0.256. The van der Waals surface area contributed by atoms with Gasteiger partial charge in [0.1, 0.15) is 5.76 Å². The maximum Gasteiger partial charge on any atom is 0.335 e. The Labute approximate surface area is 192 Å². The molecule has 1 aromatic carbocycles. The lowest BCUT2D eigenvalue weighted by Gasteiger charge is -2.52. The van der Waals surface area contributed by atoms with Gasteiger partial charge in [-0.05, 0) is 80.5 Å². The first kappa shape index (κ1) is 20.7. The number of carbonyl (C=O) groups is 1. The van der Waals surface area contributed by atoms with Gasteiger partial charge in [0, 0.05) is 16.9 Å². The van der Waals surface area contributed by atoms with Gasteiger partial charge in [-0.2, -0.15) is 0 Å². The summed E-state index contributed by atoms with van der Waals surface area (Å²) in [7, 11) is 2.77. The number of hydrogen-bond acceptors (Lipinski definition) is 3. The first-order chi connectivity index (χ1) is 15.5. The Balaban J connectivity index is 1.54. The normalized spacial score (nSPS) is 36.9. The van der Waals surface area contributed by atoms with Crippen molar-refractivity contribution in [2.24, 2.45) is 23.7 Å². The fourth-order valence-electron chi connectivity index (χ4n) is 7.93. The average molecular weight is 449 g/mol. The van der Waals surface area contributed by atoms with Crippen molar-refractivity contribution in [3.63, 3.8) is 0 Å². The molecule has 1 aromatic rings. The Kier molecular flexibility index (Phi) is 4.92. The Morgan fingerprint density at radius 2 is 1.38 bits per heavy atom. The molecule has 0 saturated heterocycles. The van der Waals surface area contributed by atoms with Gasteiger partial charge in [-0.25, -0.2) is 4.79 Å². The molecule has 3 nitrogen and oxygen atoms in total. The number of methoxy groups -OCH3 is 2. The fourth-order valence-corrected chi connectivity index (χ4v) is 11.6. The first-order valence-electron chi connectivity index (χ1n) is 12.1. The summed E-state index contributed by atoms with van der Waals surface area (Å²) in [5, 5.41) is 1.37. The van der Waals surface area contributed by atoms with Crippen molar-refractivity contribution >= 4 is 19.2 Å². The molecule has 4 aliphatic carbocycles. The van der Waals surface area contributed by atoms with Crippen molar-refractivity contribution < 1.29 is 14.3 Å². The Morgan fingerprint density at radius 1 is 0.812 bits per heavy atom. The summed E-state index contributed by atoms with van der Waals surface area (Å²) in [5.74, 6) is 3.97. The van der Waals surface area contributed by atoms with Gasteiger partial charge in [0.05, 0.1) is 19.8 Å². The summed E-state index contributed by atoms with van der Waals surface area (Å²) in [6, 6.07) is 10.8. The van der Waals surface area contributed by atoms with E-state index in [4.69, 9.17) is 9.47 Å². The van der Waals surface area contributed by atoms with Gasteiger partial charge < -0.3 is 9.47 Å². The zero-order valence-electron chi connectivity index (χ0n) is 19.6. The van der Waals surface area contributed by atoms with Gasteiger partial charge in [-0.3, -0.25) is 0 Å². The Morgan fingerprint density at radius 3 is 1.91 bits per heavy atom. The van der Waals surface area contributed by atoms with Crippen LogP contribution in [0.2, 0.25) is 0 Å². The predicted octanol–water partition coefficient (Wildman–Crippen LogP) is 5.72. The zero-order chi connectivity index (χ0) is 22.1. The second kappa shape index (κ2) is 7.59. The van der Waals surface area contributed by atoms with Crippen molar-refractivity contribution in [3.8, 4) is 0 Å². The maximum absolute atomic E-state index is 13.3. The van der Waals surface area contributed by atoms with Crippen LogP contribution >= 0.6 is 7.92 Å². The molecule has 0 spiro atoms. The van der Waals surface area contributed by atoms with E-state index < -0.39 is 7.92 Å². The first-order valence-corrected chi connectivity index (χ1v) is 13.6. The third-order valence-corrected chi connectivity index (χ3v) is 12.3. The molecule has 4 saturated carbocycles. The minimum Gasteiger partial charge on any atom is -0.496 e. The molecule has 4 heteroatoms. The number of hydrogen-bond donors (Lipinski definition) is 0. The molecule has 0 amide bonds. The molecule has 0 radical (unpaired) electrons. The second-order valence-corrected chi connectivity index (χ2v) is 12.9. The van der Waals surface area contributed by atoms with Crippen LogP contribution in [0, 0.1) is 23.7 Å². The molecule has 0 aromatic heterocycles. The number of benzene rings is 1. The average Bonchev–Trinajstić information content (AvgIpc) is 3.27. The monoisotopic (exact) mass is 448 g/mol. The van der Waals surface area contributed by atoms with Crippen LogP contribution in [-0.2, 0) is 14.3 Å². The van der Waals surface area contributed by atoms with Crippen LogP contribution in [0.15, 0.2) is 64.0 Å². The van der Waals surface area contributed by atoms with E-state index in [1.807, 2.05) is 7.11 Å². The van der Waals surface area contributed by atoms with Crippen LogP contribution < -0.4 is 5.30 Å². The van der Waals surface area contributed by atoms with Crippen LogP contribution in [0.1, 0.15) is 46.0 Å². The Bertz CT molecular complexity index is 1030. The van der Waals surface area contributed by atoms with Crippen molar-refractivity contribution in [3.05, 3.63) is 64.0 Å². The molecule has 4 fully saturated rings. The standard InChI is InChI=1S/C28H33O3P/c1-15-16(2)27-24(28(29)31-4)23(26(15)32(27)21-8-6-5-7-9-21)25(30-3)22-19-11-17-10-18(13-19)14-20(22)12-17/h5-9,17-20,26-27H,10-14H2,1-4H3/t17?,18?,19?,20?,26-,27+,32?/m0/s1. The van der Waals surface area contributed by atoms with Crippen LogP contribution in [-0.4, -0.2) is 31.5 Å². The summed E-state index contributed by atoms with van der Waals surface area (Å²) in [6.45, 7) is 4.50. The van der Waals surface area contributed by atoms with Crippen molar-refractivity contribution in [2.45, 2.75) is 57.3 Å². The van der Waals surface area contributed by atoms with Gasteiger partial charge in [0.2, 0.25) is 0 Å². The predicted molar refractivity (Wildman–Crippen MR) is 129 cm³/mol. The van der Waals surface area contributed by atoms with E-state index in [0.29, 0.717) is 11.8 Å². The van der Waals surface area contributed by atoms with E-state index >= 15 is 0 Å². The smallest absolute Gasteiger partial charge is 0.335 e. The molecule has 32 heavy (non-hydrogen) atoms. The number of carbonyl (C=O) groups excluding carboxylic acids is 1. The summed E-state index contributed by atoms with van der Waals surface area (Å²) in [5.41, 5.74) is 6.79. The maximum atomic E-state index is 13.3. The largest absolute Gasteiger partial charge is 0.496 e. The zero-order valence-corrected chi connectivity index (χ0v) is 20.5. The summed E-state index contributed by atoms with van der Waals surface area (Å²) in [4.78, 5) is 13.3. The van der Waals surface area contributed by atoms with E-state index in [1.165, 1.54) is 66.8 Å². The van der Waals surface area contributed by atoms with E-state index in [2.05, 4.69) is 44.2 Å². The van der Waals surface area contributed by atoms with Gasteiger partial charge in [-0.15, -0.1) is 0 Å². The van der Waals surface area contributed by atoms with E-state index in [1.54, 1.807) is 0 Å². The summed E-state index contributed by atoms with van der Waals surface area (Å²) >= 11 is 0. The fraction of sp³-hybridized carbons (Fsp3) is 0.536. The molecular weight excluding hydrogens is 415 g/mol. The number of ether oxygens (including phenoxy) is 2. The number of fused-ring (bicyclic) bond motifs is 2. The molecule has 3 atom stereocenters. The van der Waals surface area contributed by atoms with E-state index in [-0.39, 0.29) is 17.3 Å². The van der Waals surface area contributed by atoms with Crippen LogP contribution in [0.3, 0.4) is 0 Å². The van der Waals surface area contributed by atoms with Gasteiger partial charge in [0.15, 0.2) is 0 Å². The second-order valence-electron chi connectivity index (χ2n) is 10.5. The minimum atomic E-state index is -0.584. The number of rotatable bonds is 4. The van der Waals surface area contributed by atoms with Crippen LogP contribution in [0.4, 0.5) is 0 Å². The number of esters is 1. The SMILES string of the molecule is COC(=O)C1=C(C(OC)=C2C3CC4CC(C3)CC2C4)[C@@H]2C(C)=C(C)[C@H]1P2c1ccccc1. The highest BCUT2D eigenvalue weighted by Gasteiger charge is 2.55.